The average molecular weight is 350 g/mol. The minimum atomic E-state index is -0.219. The minimum absolute atomic E-state index is 0.219. The summed E-state index contributed by atoms with van der Waals surface area (Å²) in [6, 6.07) is 6.98. The Hall–Kier alpha value is -1.91. The van der Waals surface area contributed by atoms with E-state index in [1.54, 1.807) is 18.2 Å². The Labute approximate surface area is 143 Å². The van der Waals surface area contributed by atoms with Crippen molar-refractivity contribution in [3.8, 4) is 11.5 Å². The predicted octanol–water partition coefficient (Wildman–Crippen LogP) is 4.12. The molecule has 4 nitrogen and oxygen atoms in total. The van der Waals surface area contributed by atoms with Gasteiger partial charge in [0.05, 0.1) is 28.8 Å². The van der Waals surface area contributed by atoms with Crippen molar-refractivity contribution in [3.63, 3.8) is 0 Å². The van der Waals surface area contributed by atoms with E-state index < -0.39 is 0 Å². The standard InChI is InChI=1S/C17H13Cl2NO3/c18-12-2-1-10(8-13(12)19)20-17(21)15-11-4-6-22-14(11)7-9-3-5-23-16(9)15/h1-2,7-8H,3-6H2,(H,20,21). The molecule has 0 aliphatic carbocycles. The Morgan fingerprint density at radius 2 is 1.87 bits per heavy atom. The van der Waals surface area contributed by atoms with Crippen molar-refractivity contribution in [1.82, 2.24) is 0 Å². The summed E-state index contributed by atoms with van der Waals surface area (Å²) in [4.78, 5) is 12.8. The molecular formula is C17H13Cl2NO3. The van der Waals surface area contributed by atoms with Crippen LogP contribution in [0, 0.1) is 0 Å². The molecule has 0 saturated heterocycles. The first-order valence-electron chi connectivity index (χ1n) is 7.34. The molecule has 118 valence electrons. The lowest BCUT2D eigenvalue weighted by atomic mass is 9.99. The van der Waals surface area contributed by atoms with Gasteiger partial charge in [-0.2, -0.15) is 0 Å². The van der Waals surface area contributed by atoms with E-state index in [-0.39, 0.29) is 5.91 Å². The molecule has 0 saturated carbocycles. The van der Waals surface area contributed by atoms with Gasteiger partial charge >= 0.3 is 0 Å². The summed E-state index contributed by atoms with van der Waals surface area (Å²) >= 11 is 11.9. The monoisotopic (exact) mass is 349 g/mol. The first kappa shape index (κ1) is 14.7. The number of rotatable bonds is 2. The quantitative estimate of drug-likeness (QED) is 0.887. The van der Waals surface area contributed by atoms with Crippen LogP contribution < -0.4 is 14.8 Å². The Morgan fingerprint density at radius 1 is 1.04 bits per heavy atom. The molecule has 2 aromatic rings. The van der Waals surface area contributed by atoms with E-state index >= 15 is 0 Å². The Morgan fingerprint density at radius 3 is 2.70 bits per heavy atom. The predicted molar refractivity (Wildman–Crippen MR) is 89.3 cm³/mol. The molecule has 0 aromatic heterocycles. The summed E-state index contributed by atoms with van der Waals surface area (Å²) in [6.07, 6.45) is 1.50. The number of carbonyl (C=O) groups excluding carboxylic acids is 1. The van der Waals surface area contributed by atoms with E-state index in [2.05, 4.69) is 5.32 Å². The number of fused-ring (bicyclic) bond motifs is 2. The van der Waals surface area contributed by atoms with Crippen LogP contribution in [0.1, 0.15) is 21.5 Å². The number of anilines is 1. The van der Waals surface area contributed by atoms with Gasteiger partial charge in [-0.05, 0) is 24.3 Å². The van der Waals surface area contributed by atoms with Gasteiger partial charge in [-0.15, -0.1) is 0 Å². The Kier molecular flexibility index (Phi) is 3.58. The second-order valence-corrected chi connectivity index (χ2v) is 6.31. The van der Waals surface area contributed by atoms with E-state index in [9.17, 15) is 4.79 Å². The third kappa shape index (κ3) is 2.52. The van der Waals surface area contributed by atoms with E-state index in [4.69, 9.17) is 32.7 Å². The molecule has 2 aliphatic heterocycles. The van der Waals surface area contributed by atoms with Gasteiger partial charge in [0.25, 0.3) is 5.91 Å². The zero-order valence-electron chi connectivity index (χ0n) is 12.1. The summed E-state index contributed by atoms with van der Waals surface area (Å²) in [5.41, 5.74) is 3.08. The maximum absolute atomic E-state index is 12.8. The smallest absolute Gasteiger partial charge is 0.259 e. The van der Waals surface area contributed by atoms with Gasteiger partial charge in [-0.1, -0.05) is 23.2 Å². The van der Waals surface area contributed by atoms with Gasteiger partial charge in [0.15, 0.2) is 0 Å². The largest absolute Gasteiger partial charge is 0.493 e. The number of ether oxygens (including phenoxy) is 2. The first-order chi connectivity index (χ1) is 11.1. The van der Waals surface area contributed by atoms with Crippen LogP contribution in [0.2, 0.25) is 10.0 Å². The zero-order chi connectivity index (χ0) is 16.0. The van der Waals surface area contributed by atoms with Crippen LogP contribution in [0.4, 0.5) is 5.69 Å². The number of hydrogen-bond acceptors (Lipinski definition) is 3. The molecule has 0 fully saturated rings. The SMILES string of the molecule is O=C(Nc1ccc(Cl)c(Cl)c1)c1c2c(cc3c1OCC3)OCC2. The molecule has 0 radical (unpaired) electrons. The van der Waals surface area contributed by atoms with Gasteiger partial charge in [0, 0.05) is 29.7 Å². The van der Waals surface area contributed by atoms with Crippen LogP contribution in [0.15, 0.2) is 24.3 Å². The van der Waals surface area contributed by atoms with Crippen LogP contribution in [0.3, 0.4) is 0 Å². The molecule has 1 N–H and O–H groups in total. The van der Waals surface area contributed by atoms with Gasteiger partial charge in [0.2, 0.25) is 0 Å². The highest BCUT2D eigenvalue weighted by Crippen LogP contribution is 2.41. The number of amides is 1. The highest BCUT2D eigenvalue weighted by atomic mass is 35.5. The van der Waals surface area contributed by atoms with Crippen molar-refractivity contribution in [2.24, 2.45) is 0 Å². The molecule has 2 aromatic carbocycles. The van der Waals surface area contributed by atoms with Gasteiger partial charge in [-0.3, -0.25) is 4.79 Å². The Balaban J connectivity index is 1.73. The van der Waals surface area contributed by atoms with Crippen molar-refractivity contribution in [2.75, 3.05) is 18.5 Å². The number of benzene rings is 2. The molecule has 0 atom stereocenters. The lowest BCUT2D eigenvalue weighted by Gasteiger charge is -2.13. The van der Waals surface area contributed by atoms with E-state index in [0.29, 0.717) is 46.7 Å². The maximum atomic E-state index is 12.8. The Bertz CT molecular complexity index is 788. The van der Waals surface area contributed by atoms with Crippen molar-refractivity contribution >= 4 is 34.8 Å². The number of halogens is 2. The molecule has 0 bridgehead atoms. The normalized spacial score (nSPS) is 14.7. The van der Waals surface area contributed by atoms with E-state index in [1.165, 1.54) is 0 Å². The third-order valence-corrected chi connectivity index (χ3v) is 4.79. The summed E-state index contributed by atoms with van der Waals surface area (Å²) in [7, 11) is 0. The third-order valence-electron chi connectivity index (χ3n) is 4.06. The van der Waals surface area contributed by atoms with Crippen molar-refractivity contribution < 1.29 is 14.3 Å². The van der Waals surface area contributed by atoms with Crippen LogP contribution in [0.25, 0.3) is 0 Å². The molecule has 6 heteroatoms. The molecule has 2 aliphatic rings. The fourth-order valence-corrected chi connectivity index (χ4v) is 3.29. The molecule has 0 spiro atoms. The minimum Gasteiger partial charge on any atom is -0.493 e. The average Bonchev–Trinajstić information content (AvgIpc) is 3.16. The second kappa shape index (κ2) is 5.62. The lowest BCUT2D eigenvalue weighted by Crippen LogP contribution is -2.15. The topological polar surface area (TPSA) is 47.6 Å². The second-order valence-electron chi connectivity index (χ2n) is 5.50. The summed E-state index contributed by atoms with van der Waals surface area (Å²) < 4.78 is 11.3. The maximum Gasteiger partial charge on any atom is 0.259 e. The van der Waals surface area contributed by atoms with Crippen molar-refractivity contribution in [2.45, 2.75) is 12.8 Å². The van der Waals surface area contributed by atoms with Gasteiger partial charge < -0.3 is 14.8 Å². The highest BCUT2D eigenvalue weighted by molar-refractivity contribution is 6.42. The summed E-state index contributed by atoms with van der Waals surface area (Å²) in [5.74, 6) is 1.24. The molecular weight excluding hydrogens is 337 g/mol. The van der Waals surface area contributed by atoms with Crippen LogP contribution in [0.5, 0.6) is 11.5 Å². The number of hydrogen-bond donors (Lipinski definition) is 1. The fourth-order valence-electron chi connectivity index (χ4n) is 2.99. The van der Waals surface area contributed by atoms with Gasteiger partial charge in [-0.25, -0.2) is 0 Å². The molecule has 2 heterocycles. The van der Waals surface area contributed by atoms with Crippen molar-refractivity contribution in [3.05, 3.63) is 51.0 Å². The van der Waals surface area contributed by atoms with Crippen LogP contribution in [-0.2, 0) is 12.8 Å². The lowest BCUT2D eigenvalue weighted by molar-refractivity contribution is 0.102. The fraction of sp³-hybridized carbons (Fsp3) is 0.235. The van der Waals surface area contributed by atoms with Crippen LogP contribution in [-0.4, -0.2) is 19.1 Å². The number of carbonyl (C=O) groups is 1. The summed E-state index contributed by atoms with van der Waals surface area (Å²) in [6.45, 7) is 1.18. The van der Waals surface area contributed by atoms with Gasteiger partial charge in [0.1, 0.15) is 11.5 Å². The highest BCUT2D eigenvalue weighted by Gasteiger charge is 2.30. The van der Waals surface area contributed by atoms with Crippen molar-refractivity contribution in [1.29, 1.82) is 0 Å². The first-order valence-corrected chi connectivity index (χ1v) is 8.10. The van der Waals surface area contributed by atoms with E-state index in [0.717, 1.165) is 23.3 Å². The van der Waals surface area contributed by atoms with Crippen LogP contribution >= 0.6 is 23.2 Å². The molecule has 23 heavy (non-hydrogen) atoms. The zero-order valence-corrected chi connectivity index (χ0v) is 13.6. The molecule has 4 rings (SSSR count). The molecule has 1 amide bonds. The number of nitrogens with one attached hydrogen (secondary N) is 1. The van der Waals surface area contributed by atoms with E-state index in [1.807, 2.05) is 6.07 Å². The molecule has 0 unspecified atom stereocenters. The summed E-state index contributed by atoms with van der Waals surface area (Å²) in [5, 5.41) is 3.71.